The first kappa shape index (κ1) is 35.5. The van der Waals surface area contributed by atoms with Crippen molar-refractivity contribution >= 4 is 5.97 Å². The molecule has 4 rings (SSSR count). The molecule has 3 aromatic carbocycles. The molecule has 0 spiro atoms. The number of hydroxylamine groups is 2. The first-order chi connectivity index (χ1) is 22.3. The molecule has 1 fully saturated rings. The number of esters is 1. The number of hydrogen-bond acceptors (Lipinski definition) is 5. The molecule has 0 N–H and O–H groups in total. The summed E-state index contributed by atoms with van der Waals surface area (Å²) < 4.78 is 17.4. The second kappa shape index (κ2) is 17.5. The normalized spacial score (nSPS) is 19.7. The standard InChI is InChI=1S/C40H54NO5/c1-5-7-9-11-13-15-31-45-36-24-18-33(19-25-36)39(3)28-29-40(4,41(39)43)34-20-26-37(27-21-34)46-38(42)32-16-22-35(23-17-32)44-30-14-12-10-8-6-2/h16-27H,5-15,28-31H2,1-4H3/t39-,40+/m0/s1. The van der Waals surface area contributed by atoms with Gasteiger partial charge in [0.25, 0.3) is 0 Å². The molecule has 3 aromatic rings. The fourth-order valence-corrected chi connectivity index (χ4v) is 6.37. The van der Waals surface area contributed by atoms with Crippen LogP contribution >= 0.6 is 0 Å². The summed E-state index contributed by atoms with van der Waals surface area (Å²) in [6.07, 6.45) is 14.8. The summed E-state index contributed by atoms with van der Waals surface area (Å²) in [5.41, 5.74) is 1.01. The molecule has 0 unspecified atom stereocenters. The van der Waals surface area contributed by atoms with Gasteiger partial charge in [-0.05, 0) is 99.2 Å². The number of benzene rings is 3. The molecule has 0 amide bonds. The molecule has 2 atom stereocenters. The van der Waals surface area contributed by atoms with Crippen molar-refractivity contribution in [3.63, 3.8) is 0 Å². The van der Waals surface area contributed by atoms with Crippen LogP contribution in [0.25, 0.3) is 0 Å². The molecule has 1 saturated heterocycles. The highest BCUT2D eigenvalue weighted by Gasteiger charge is 2.52. The van der Waals surface area contributed by atoms with Crippen LogP contribution in [0.2, 0.25) is 0 Å². The SMILES string of the molecule is CCCCCCCCOc1ccc([C@]2(C)CC[C@](C)(c3ccc(OC(=O)c4ccc(OCCCCCCC)cc4)cc3)N2[O])cc1. The average Bonchev–Trinajstić information content (AvgIpc) is 3.32. The van der Waals surface area contributed by atoms with Crippen LogP contribution in [-0.4, -0.2) is 24.2 Å². The van der Waals surface area contributed by atoms with Gasteiger partial charge in [-0.25, -0.2) is 4.79 Å². The molecule has 6 heteroatoms. The summed E-state index contributed by atoms with van der Waals surface area (Å²) >= 11 is 0. The zero-order chi connectivity index (χ0) is 32.8. The molecule has 1 radical (unpaired) electrons. The predicted octanol–water partition coefficient (Wildman–Crippen LogP) is 10.6. The molecule has 0 aromatic heterocycles. The maximum atomic E-state index is 13.9. The fourth-order valence-electron chi connectivity index (χ4n) is 6.37. The van der Waals surface area contributed by atoms with E-state index in [4.69, 9.17) is 14.2 Å². The summed E-state index contributed by atoms with van der Waals surface area (Å²) in [6, 6.07) is 22.5. The van der Waals surface area contributed by atoms with E-state index >= 15 is 0 Å². The van der Waals surface area contributed by atoms with Gasteiger partial charge in [0.1, 0.15) is 17.2 Å². The van der Waals surface area contributed by atoms with Gasteiger partial charge in [-0.1, -0.05) is 95.9 Å². The summed E-state index contributed by atoms with van der Waals surface area (Å²) in [7, 11) is 0. The smallest absolute Gasteiger partial charge is 0.343 e. The maximum absolute atomic E-state index is 13.9. The number of nitrogens with zero attached hydrogens (tertiary/aromatic N) is 1. The summed E-state index contributed by atoms with van der Waals surface area (Å²) in [4.78, 5) is 12.8. The average molecular weight is 629 g/mol. The van der Waals surface area contributed by atoms with E-state index in [9.17, 15) is 10.0 Å². The highest BCUT2D eigenvalue weighted by atomic mass is 16.5. The first-order valence-electron chi connectivity index (χ1n) is 17.6. The lowest BCUT2D eigenvalue weighted by Crippen LogP contribution is -2.44. The van der Waals surface area contributed by atoms with Crippen molar-refractivity contribution in [1.82, 2.24) is 5.06 Å². The molecule has 46 heavy (non-hydrogen) atoms. The minimum absolute atomic E-state index is 0.427. The van der Waals surface area contributed by atoms with Crippen LogP contribution in [0.1, 0.15) is 133 Å². The van der Waals surface area contributed by atoms with E-state index in [-0.39, 0.29) is 0 Å². The van der Waals surface area contributed by atoms with E-state index in [1.807, 2.05) is 62.4 Å². The Bertz CT molecular complexity index is 1320. The predicted molar refractivity (Wildman–Crippen MR) is 184 cm³/mol. The molecule has 1 heterocycles. The van der Waals surface area contributed by atoms with Gasteiger partial charge in [0.2, 0.25) is 0 Å². The Morgan fingerprint density at radius 2 is 0.978 bits per heavy atom. The van der Waals surface area contributed by atoms with Gasteiger partial charge in [0, 0.05) is 0 Å². The molecule has 0 aliphatic carbocycles. The van der Waals surface area contributed by atoms with Crippen molar-refractivity contribution in [1.29, 1.82) is 0 Å². The number of carbonyl (C=O) groups excluding carboxylic acids is 1. The number of unbranched alkanes of at least 4 members (excludes halogenated alkanes) is 9. The lowest BCUT2D eigenvalue weighted by molar-refractivity contribution is -0.260. The van der Waals surface area contributed by atoms with Crippen molar-refractivity contribution < 1.29 is 24.2 Å². The second-order valence-electron chi connectivity index (χ2n) is 13.2. The maximum Gasteiger partial charge on any atom is 0.343 e. The van der Waals surface area contributed by atoms with E-state index in [1.165, 1.54) is 62.9 Å². The van der Waals surface area contributed by atoms with Gasteiger partial charge in [-0.2, -0.15) is 0 Å². The highest BCUT2D eigenvalue weighted by Crippen LogP contribution is 2.51. The van der Waals surface area contributed by atoms with E-state index in [0.717, 1.165) is 54.9 Å². The Kier molecular flexibility index (Phi) is 13.5. The van der Waals surface area contributed by atoms with E-state index in [1.54, 1.807) is 24.3 Å². The third-order valence-electron chi connectivity index (χ3n) is 9.53. The van der Waals surface area contributed by atoms with Gasteiger partial charge in [-0.15, -0.1) is 10.3 Å². The zero-order valence-electron chi connectivity index (χ0n) is 28.5. The Hall–Kier alpha value is -3.35. The molecular formula is C40H54NO5. The number of carbonyl (C=O) groups is 1. The molecule has 1 aliphatic rings. The van der Waals surface area contributed by atoms with Crippen LogP contribution in [0.4, 0.5) is 0 Å². The van der Waals surface area contributed by atoms with Gasteiger partial charge >= 0.3 is 5.97 Å². The Balaban J connectivity index is 1.28. The van der Waals surface area contributed by atoms with E-state index < -0.39 is 17.0 Å². The summed E-state index contributed by atoms with van der Waals surface area (Å²) in [5.74, 6) is 1.62. The Morgan fingerprint density at radius 1 is 0.587 bits per heavy atom. The molecule has 0 saturated carbocycles. The minimum Gasteiger partial charge on any atom is -0.494 e. The quantitative estimate of drug-likeness (QED) is 0.0750. The van der Waals surface area contributed by atoms with Crippen LogP contribution in [0, 0.1) is 0 Å². The molecule has 249 valence electrons. The second-order valence-corrected chi connectivity index (χ2v) is 13.2. The zero-order valence-corrected chi connectivity index (χ0v) is 28.5. The van der Waals surface area contributed by atoms with Gasteiger partial charge in [0.15, 0.2) is 0 Å². The summed E-state index contributed by atoms with van der Waals surface area (Å²) in [5, 5.41) is 15.2. The van der Waals surface area contributed by atoms with Crippen molar-refractivity contribution in [3.8, 4) is 17.2 Å². The van der Waals surface area contributed by atoms with Crippen molar-refractivity contribution in [2.24, 2.45) is 0 Å². The van der Waals surface area contributed by atoms with E-state index in [0.29, 0.717) is 17.9 Å². The van der Waals surface area contributed by atoms with E-state index in [2.05, 4.69) is 13.8 Å². The van der Waals surface area contributed by atoms with Crippen molar-refractivity contribution in [2.45, 2.75) is 122 Å². The fraction of sp³-hybridized carbons (Fsp3) is 0.525. The topological polar surface area (TPSA) is 67.9 Å². The van der Waals surface area contributed by atoms with Crippen LogP contribution in [0.3, 0.4) is 0 Å². The summed E-state index contributed by atoms with van der Waals surface area (Å²) in [6.45, 7) is 9.87. The van der Waals surface area contributed by atoms with Crippen LogP contribution < -0.4 is 14.2 Å². The lowest BCUT2D eigenvalue weighted by atomic mass is 9.89. The van der Waals surface area contributed by atoms with Crippen LogP contribution in [-0.2, 0) is 16.3 Å². The largest absolute Gasteiger partial charge is 0.494 e. The Labute approximate surface area is 277 Å². The minimum atomic E-state index is -0.698. The van der Waals surface area contributed by atoms with Crippen LogP contribution in [0.5, 0.6) is 17.2 Å². The highest BCUT2D eigenvalue weighted by molar-refractivity contribution is 5.91. The van der Waals surface area contributed by atoms with Gasteiger partial charge in [-0.3, -0.25) is 0 Å². The monoisotopic (exact) mass is 628 g/mol. The third-order valence-corrected chi connectivity index (χ3v) is 9.53. The third kappa shape index (κ3) is 9.36. The molecule has 6 nitrogen and oxygen atoms in total. The first-order valence-corrected chi connectivity index (χ1v) is 17.6. The molecular weight excluding hydrogens is 574 g/mol. The van der Waals surface area contributed by atoms with Crippen molar-refractivity contribution in [2.75, 3.05) is 13.2 Å². The number of ether oxygens (including phenoxy) is 3. The van der Waals surface area contributed by atoms with Crippen LogP contribution in [0.15, 0.2) is 72.8 Å². The van der Waals surface area contributed by atoms with Gasteiger partial charge in [0.05, 0.1) is 29.9 Å². The van der Waals surface area contributed by atoms with Gasteiger partial charge < -0.3 is 14.2 Å². The van der Waals surface area contributed by atoms with Crippen molar-refractivity contribution in [3.05, 3.63) is 89.5 Å². The molecule has 1 aliphatic heterocycles. The number of rotatable bonds is 19. The lowest BCUT2D eigenvalue weighted by Gasteiger charge is -2.37. The number of hydrogen-bond donors (Lipinski definition) is 0. The molecule has 0 bridgehead atoms. The Morgan fingerprint density at radius 3 is 1.43 bits per heavy atom.